The number of carbonyl (C=O) groups excluding carboxylic acids is 4. The molecular weight excluding hydrogens is 490 g/mol. The molecule has 0 radical (unpaired) electrons. The van der Waals surface area contributed by atoms with Gasteiger partial charge in [-0.15, -0.1) is 11.8 Å². The standard InChI is InChI=1S/C24H19N3O8S/c1-12-11-36-23-19(25-20(28)15-4-3-5-16(27(32)33)17(15)21(25)29)22(30)26(23)18(12)24(31)35-10-13-6-8-14(34-2)9-7-13/h3-9,19,23H,10-11H2,1-2H3/t19?,23-/m0/s1. The highest BCUT2D eigenvalue weighted by molar-refractivity contribution is 8.00. The summed E-state index contributed by atoms with van der Waals surface area (Å²) < 4.78 is 10.6. The maximum absolute atomic E-state index is 13.2. The molecule has 0 saturated carbocycles. The first-order chi connectivity index (χ1) is 17.2. The zero-order valence-corrected chi connectivity index (χ0v) is 19.9. The van der Waals surface area contributed by atoms with Crippen LogP contribution in [0.2, 0.25) is 0 Å². The van der Waals surface area contributed by atoms with Gasteiger partial charge in [0, 0.05) is 11.8 Å². The molecule has 2 atom stereocenters. The quantitative estimate of drug-likeness (QED) is 0.189. The lowest BCUT2D eigenvalue weighted by Gasteiger charge is -2.51. The fourth-order valence-corrected chi connectivity index (χ4v) is 5.81. The molecule has 1 fully saturated rings. The summed E-state index contributed by atoms with van der Waals surface area (Å²) in [5.41, 5.74) is 0.491. The highest BCUT2D eigenvalue weighted by Gasteiger charge is 2.60. The van der Waals surface area contributed by atoms with E-state index in [-0.39, 0.29) is 23.4 Å². The molecule has 1 unspecified atom stereocenters. The number of nitro benzene ring substituents is 1. The molecular formula is C24H19N3O8S. The number of benzene rings is 2. The summed E-state index contributed by atoms with van der Waals surface area (Å²) in [7, 11) is 1.54. The second-order valence-corrected chi connectivity index (χ2v) is 9.45. The number of hydrogen-bond donors (Lipinski definition) is 0. The van der Waals surface area contributed by atoms with Crippen LogP contribution in [0.15, 0.2) is 53.7 Å². The van der Waals surface area contributed by atoms with E-state index in [1.54, 1.807) is 38.3 Å². The van der Waals surface area contributed by atoms with Gasteiger partial charge in [-0.05, 0) is 36.3 Å². The third kappa shape index (κ3) is 3.52. The number of carbonyl (C=O) groups is 4. The van der Waals surface area contributed by atoms with Crippen molar-refractivity contribution in [2.24, 2.45) is 0 Å². The lowest BCUT2D eigenvalue weighted by molar-refractivity contribution is -0.385. The Hall–Kier alpha value is -4.19. The lowest BCUT2D eigenvalue weighted by atomic mass is 10.0. The van der Waals surface area contributed by atoms with Crippen LogP contribution in [-0.2, 0) is 20.9 Å². The number of esters is 1. The molecule has 12 heteroatoms. The van der Waals surface area contributed by atoms with E-state index in [9.17, 15) is 29.3 Å². The number of fused-ring (bicyclic) bond motifs is 2. The summed E-state index contributed by atoms with van der Waals surface area (Å²) in [6.07, 6.45) is 0. The third-order valence-corrected chi connectivity index (χ3v) is 7.66. The fourth-order valence-electron chi connectivity index (χ4n) is 4.48. The van der Waals surface area contributed by atoms with Gasteiger partial charge in [-0.2, -0.15) is 0 Å². The number of methoxy groups -OCH3 is 1. The van der Waals surface area contributed by atoms with Gasteiger partial charge in [0.1, 0.15) is 35.0 Å². The summed E-state index contributed by atoms with van der Waals surface area (Å²) in [6.45, 7) is 1.68. The first-order valence-corrected chi connectivity index (χ1v) is 11.9. The highest BCUT2D eigenvalue weighted by atomic mass is 32.2. The number of amides is 3. The molecule has 5 rings (SSSR count). The van der Waals surface area contributed by atoms with Crippen molar-refractivity contribution in [1.29, 1.82) is 0 Å². The van der Waals surface area contributed by atoms with Crippen LogP contribution in [0.25, 0.3) is 0 Å². The van der Waals surface area contributed by atoms with Crippen LogP contribution in [0.1, 0.15) is 33.2 Å². The summed E-state index contributed by atoms with van der Waals surface area (Å²) in [5, 5.41) is 10.7. The van der Waals surface area contributed by atoms with Gasteiger partial charge >= 0.3 is 5.97 Å². The van der Waals surface area contributed by atoms with Gasteiger partial charge in [-0.3, -0.25) is 34.3 Å². The van der Waals surface area contributed by atoms with E-state index in [1.807, 2.05) is 0 Å². The van der Waals surface area contributed by atoms with E-state index in [0.29, 0.717) is 17.1 Å². The SMILES string of the molecule is COc1ccc(COC(=O)C2=C(C)CS[C@H]3C(N4C(=O)c5cccc([N+](=O)[O-])c5C4=O)C(=O)N23)cc1. The molecule has 11 nitrogen and oxygen atoms in total. The molecule has 3 aliphatic heterocycles. The van der Waals surface area contributed by atoms with Crippen LogP contribution < -0.4 is 4.74 Å². The van der Waals surface area contributed by atoms with Gasteiger partial charge in [0.05, 0.1) is 17.6 Å². The van der Waals surface area contributed by atoms with Crippen molar-refractivity contribution in [2.75, 3.05) is 12.9 Å². The maximum Gasteiger partial charge on any atom is 0.355 e. The van der Waals surface area contributed by atoms with E-state index in [2.05, 4.69) is 0 Å². The average molecular weight is 509 g/mol. The number of thioether (sulfide) groups is 1. The number of imide groups is 1. The lowest BCUT2D eigenvalue weighted by Crippen LogP contribution is -2.71. The fraction of sp³-hybridized carbons (Fsp3) is 0.250. The zero-order chi connectivity index (χ0) is 25.7. The van der Waals surface area contributed by atoms with E-state index in [1.165, 1.54) is 28.8 Å². The predicted molar refractivity (Wildman–Crippen MR) is 126 cm³/mol. The van der Waals surface area contributed by atoms with Crippen LogP contribution in [0.4, 0.5) is 5.69 Å². The Balaban J connectivity index is 1.35. The summed E-state index contributed by atoms with van der Waals surface area (Å²) in [6, 6.07) is 9.56. The second-order valence-electron chi connectivity index (χ2n) is 8.34. The van der Waals surface area contributed by atoms with Crippen molar-refractivity contribution in [3.05, 3.63) is 80.5 Å². The minimum atomic E-state index is -1.18. The van der Waals surface area contributed by atoms with E-state index in [0.717, 1.165) is 16.5 Å². The van der Waals surface area contributed by atoms with Crippen molar-refractivity contribution in [1.82, 2.24) is 9.80 Å². The van der Waals surface area contributed by atoms with E-state index >= 15 is 0 Å². The molecule has 0 N–H and O–H groups in total. The largest absolute Gasteiger partial charge is 0.497 e. The van der Waals surface area contributed by atoms with Gasteiger partial charge in [0.25, 0.3) is 23.4 Å². The molecule has 0 aromatic heterocycles. The Kier molecular flexibility index (Phi) is 5.75. The molecule has 2 aromatic carbocycles. The van der Waals surface area contributed by atoms with Crippen molar-refractivity contribution in [3.63, 3.8) is 0 Å². The molecule has 184 valence electrons. The van der Waals surface area contributed by atoms with Crippen LogP contribution in [-0.4, -0.2) is 62.7 Å². The molecule has 0 spiro atoms. The number of β-lactam (4-membered cyclic amide) rings is 1. The Morgan fingerprint density at radius 2 is 1.83 bits per heavy atom. The summed E-state index contributed by atoms with van der Waals surface area (Å²) in [4.78, 5) is 65.0. The van der Waals surface area contributed by atoms with Gasteiger partial charge in [-0.25, -0.2) is 4.79 Å². The van der Waals surface area contributed by atoms with Crippen molar-refractivity contribution in [3.8, 4) is 5.75 Å². The van der Waals surface area contributed by atoms with Crippen molar-refractivity contribution < 1.29 is 33.6 Å². The van der Waals surface area contributed by atoms with Crippen LogP contribution in [0.5, 0.6) is 5.75 Å². The van der Waals surface area contributed by atoms with Crippen LogP contribution in [0, 0.1) is 10.1 Å². The Bertz CT molecular complexity index is 1370. The Morgan fingerprint density at radius 3 is 2.50 bits per heavy atom. The monoisotopic (exact) mass is 509 g/mol. The number of rotatable bonds is 6. The summed E-state index contributed by atoms with van der Waals surface area (Å²) >= 11 is 1.30. The van der Waals surface area contributed by atoms with Gasteiger partial charge in [0.15, 0.2) is 0 Å². The molecule has 3 aliphatic rings. The van der Waals surface area contributed by atoms with Gasteiger partial charge in [-0.1, -0.05) is 18.2 Å². The number of hydrogen-bond acceptors (Lipinski definition) is 9. The molecule has 2 aromatic rings. The zero-order valence-electron chi connectivity index (χ0n) is 19.1. The van der Waals surface area contributed by atoms with Crippen LogP contribution >= 0.6 is 11.8 Å². The number of nitrogens with zero attached hydrogens (tertiary/aromatic N) is 3. The second kappa shape index (κ2) is 8.79. The molecule has 36 heavy (non-hydrogen) atoms. The van der Waals surface area contributed by atoms with Crippen molar-refractivity contribution >= 4 is 41.1 Å². The normalized spacial score (nSPS) is 20.7. The Labute approximate surface area is 208 Å². The predicted octanol–water partition coefficient (Wildman–Crippen LogP) is 2.50. The maximum atomic E-state index is 13.2. The minimum Gasteiger partial charge on any atom is -0.497 e. The molecule has 3 amide bonds. The highest BCUT2D eigenvalue weighted by Crippen LogP contribution is 2.45. The third-order valence-electron chi connectivity index (χ3n) is 6.25. The first-order valence-electron chi connectivity index (χ1n) is 10.8. The van der Waals surface area contributed by atoms with Gasteiger partial charge in [0.2, 0.25) is 0 Å². The Morgan fingerprint density at radius 1 is 1.11 bits per heavy atom. The molecule has 1 saturated heterocycles. The van der Waals surface area contributed by atoms with Crippen molar-refractivity contribution in [2.45, 2.75) is 24.9 Å². The van der Waals surface area contributed by atoms with Gasteiger partial charge < -0.3 is 9.47 Å². The van der Waals surface area contributed by atoms with E-state index < -0.39 is 45.7 Å². The minimum absolute atomic E-state index is 0.0229. The molecule has 0 bridgehead atoms. The summed E-state index contributed by atoms with van der Waals surface area (Å²) in [5.74, 6) is -1.95. The first kappa shape index (κ1) is 23.5. The average Bonchev–Trinajstić information content (AvgIpc) is 3.12. The smallest absolute Gasteiger partial charge is 0.355 e. The van der Waals surface area contributed by atoms with Crippen LogP contribution in [0.3, 0.4) is 0 Å². The molecule has 0 aliphatic carbocycles. The topological polar surface area (TPSA) is 136 Å². The number of ether oxygens (including phenoxy) is 2. The molecule has 3 heterocycles. The van der Waals surface area contributed by atoms with E-state index in [4.69, 9.17) is 9.47 Å². The number of nitro groups is 1.